The highest BCUT2D eigenvalue weighted by atomic mass is 32.2. The molecule has 136 valence electrons. The quantitative estimate of drug-likeness (QED) is 0.665. The average Bonchev–Trinajstić information content (AvgIpc) is 3.24. The van der Waals surface area contributed by atoms with Gasteiger partial charge in [0.2, 0.25) is 5.91 Å². The van der Waals surface area contributed by atoms with Crippen molar-refractivity contribution in [3.8, 4) is 5.69 Å². The van der Waals surface area contributed by atoms with E-state index in [1.54, 1.807) is 17.1 Å². The van der Waals surface area contributed by atoms with Crippen LogP contribution in [0.1, 0.15) is 32.4 Å². The third kappa shape index (κ3) is 3.99. The molecule has 0 saturated heterocycles. The number of carbonyl (C=O) groups excluding carboxylic acids is 1. The second-order valence-corrected chi connectivity index (χ2v) is 7.73. The van der Waals surface area contributed by atoms with Crippen molar-refractivity contribution in [2.75, 3.05) is 5.32 Å². The highest BCUT2D eigenvalue weighted by Crippen LogP contribution is 2.26. The number of imidazole rings is 1. The standard InChI is InChI=1S/C19H23N5OS/c1-13(2)24-17(8-9-21-24)22-18(25)15(4)26-19-20-10-11-23(19)16-7-5-6-14(3)12-16/h5-13,15H,1-4H3,(H,22,25). The Hall–Kier alpha value is -2.54. The van der Waals surface area contributed by atoms with Crippen LogP contribution in [0.4, 0.5) is 5.82 Å². The number of aryl methyl sites for hydroxylation is 1. The minimum absolute atomic E-state index is 0.0730. The van der Waals surface area contributed by atoms with Crippen molar-refractivity contribution in [1.82, 2.24) is 19.3 Å². The van der Waals surface area contributed by atoms with Gasteiger partial charge < -0.3 is 5.32 Å². The number of anilines is 1. The van der Waals surface area contributed by atoms with E-state index in [-0.39, 0.29) is 17.2 Å². The van der Waals surface area contributed by atoms with Crippen molar-refractivity contribution < 1.29 is 4.79 Å². The molecule has 2 aromatic heterocycles. The summed E-state index contributed by atoms with van der Waals surface area (Å²) in [5.41, 5.74) is 2.22. The number of aromatic nitrogens is 4. The summed E-state index contributed by atoms with van der Waals surface area (Å²) in [6, 6.07) is 10.2. The number of benzene rings is 1. The zero-order valence-electron chi connectivity index (χ0n) is 15.4. The molecule has 1 atom stereocenters. The number of nitrogens with one attached hydrogen (secondary N) is 1. The van der Waals surface area contributed by atoms with E-state index in [2.05, 4.69) is 34.5 Å². The lowest BCUT2D eigenvalue weighted by atomic mass is 10.2. The smallest absolute Gasteiger partial charge is 0.238 e. The Kier molecular flexibility index (Phi) is 5.46. The van der Waals surface area contributed by atoms with Crippen LogP contribution in [0.15, 0.2) is 54.1 Å². The van der Waals surface area contributed by atoms with Crippen molar-refractivity contribution >= 4 is 23.5 Å². The summed E-state index contributed by atoms with van der Waals surface area (Å²) < 4.78 is 3.79. The molecule has 0 aliphatic rings. The Labute approximate surface area is 157 Å². The SMILES string of the molecule is Cc1cccc(-n2ccnc2SC(C)C(=O)Nc2ccnn2C(C)C)c1. The van der Waals surface area contributed by atoms with Crippen molar-refractivity contribution in [1.29, 1.82) is 0 Å². The van der Waals surface area contributed by atoms with E-state index in [0.717, 1.165) is 10.8 Å². The summed E-state index contributed by atoms with van der Waals surface area (Å²) in [4.78, 5) is 17.0. The highest BCUT2D eigenvalue weighted by molar-refractivity contribution is 8.00. The Morgan fingerprint density at radius 1 is 1.19 bits per heavy atom. The fourth-order valence-corrected chi connectivity index (χ4v) is 3.50. The highest BCUT2D eigenvalue weighted by Gasteiger charge is 2.19. The predicted octanol–water partition coefficient (Wildman–Crippen LogP) is 4.08. The van der Waals surface area contributed by atoms with Crippen LogP contribution in [0.25, 0.3) is 5.69 Å². The molecule has 0 aliphatic heterocycles. The Morgan fingerprint density at radius 3 is 2.73 bits per heavy atom. The summed E-state index contributed by atoms with van der Waals surface area (Å²) in [6.45, 7) is 7.99. The first kappa shape index (κ1) is 18.3. The van der Waals surface area contributed by atoms with Crippen LogP contribution in [-0.4, -0.2) is 30.5 Å². The Bertz CT molecular complexity index is 899. The molecule has 6 nitrogen and oxygen atoms in total. The summed E-state index contributed by atoms with van der Waals surface area (Å²) in [6.07, 6.45) is 5.36. The normalized spacial score (nSPS) is 12.3. The maximum absolute atomic E-state index is 12.6. The fraction of sp³-hybridized carbons (Fsp3) is 0.316. The van der Waals surface area contributed by atoms with Crippen LogP contribution in [0.5, 0.6) is 0 Å². The molecule has 1 amide bonds. The van der Waals surface area contributed by atoms with E-state index >= 15 is 0 Å². The molecule has 26 heavy (non-hydrogen) atoms. The van der Waals surface area contributed by atoms with Gasteiger partial charge in [0.05, 0.1) is 11.4 Å². The predicted molar refractivity (Wildman–Crippen MR) is 105 cm³/mol. The molecule has 0 spiro atoms. The minimum Gasteiger partial charge on any atom is -0.310 e. The molecule has 3 aromatic rings. The number of amides is 1. The maximum atomic E-state index is 12.6. The molecule has 2 heterocycles. The van der Waals surface area contributed by atoms with Crippen molar-refractivity contribution in [2.45, 2.75) is 44.1 Å². The molecule has 0 saturated carbocycles. The maximum Gasteiger partial charge on any atom is 0.238 e. The average molecular weight is 369 g/mol. The molecule has 0 radical (unpaired) electrons. The van der Waals surface area contributed by atoms with Crippen LogP contribution in [0, 0.1) is 6.92 Å². The molecule has 3 rings (SSSR count). The number of rotatable bonds is 6. The van der Waals surface area contributed by atoms with Gasteiger partial charge in [0.1, 0.15) is 5.82 Å². The van der Waals surface area contributed by atoms with Crippen LogP contribution < -0.4 is 5.32 Å². The van der Waals surface area contributed by atoms with E-state index in [1.807, 2.05) is 49.7 Å². The second-order valence-electron chi connectivity index (χ2n) is 6.42. The first-order valence-corrected chi connectivity index (χ1v) is 9.45. The van der Waals surface area contributed by atoms with Gasteiger partial charge in [-0.2, -0.15) is 5.10 Å². The van der Waals surface area contributed by atoms with E-state index < -0.39 is 0 Å². The van der Waals surface area contributed by atoms with E-state index in [4.69, 9.17) is 0 Å². The van der Waals surface area contributed by atoms with Crippen LogP contribution >= 0.6 is 11.8 Å². The minimum atomic E-state index is -0.295. The topological polar surface area (TPSA) is 64.7 Å². The van der Waals surface area contributed by atoms with Crippen LogP contribution in [-0.2, 0) is 4.79 Å². The van der Waals surface area contributed by atoms with Crippen LogP contribution in [0.3, 0.4) is 0 Å². The van der Waals surface area contributed by atoms with Gasteiger partial charge in [-0.05, 0) is 45.4 Å². The Morgan fingerprint density at radius 2 is 2.00 bits per heavy atom. The summed E-state index contributed by atoms with van der Waals surface area (Å²) in [5, 5.41) is 7.69. The van der Waals surface area contributed by atoms with Gasteiger partial charge in [0, 0.05) is 30.2 Å². The molecule has 0 bridgehead atoms. The van der Waals surface area contributed by atoms with Gasteiger partial charge in [-0.15, -0.1) is 0 Å². The fourth-order valence-electron chi connectivity index (χ4n) is 2.62. The largest absolute Gasteiger partial charge is 0.310 e. The monoisotopic (exact) mass is 369 g/mol. The molecule has 0 aliphatic carbocycles. The third-order valence-corrected chi connectivity index (χ3v) is 5.03. The lowest BCUT2D eigenvalue weighted by Crippen LogP contribution is -2.25. The zero-order chi connectivity index (χ0) is 18.7. The summed E-state index contributed by atoms with van der Waals surface area (Å²) in [5.74, 6) is 0.635. The molecule has 1 unspecified atom stereocenters. The number of hydrogen-bond acceptors (Lipinski definition) is 4. The summed E-state index contributed by atoms with van der Waals surface area (Å²) >= 11 is 1.43. The van der Waals surface area contributed by atoms with Crippen molar-refractivity contribution in [3.63, 3.8) is 0 Å². The number of carbonyl (C=O) groups is 1. The molecular formula is C19H23N5OS. The molecule has 1 N–H and O–H groups in total. The van der Waals surface area contributed by atoms with E-state index in [0.29, 0.717) is 5.82 Å². The molecular weight excluding hydrogens is 346 g/mol. The number of thioether (sulfide) groups is 1. The first-order valence-electron chi connectivity index (χ1n) is 8.57. The van der Waals surface area contributed by atoms with Gasteiger partial charge in [-0.3, -0.25) is 9.36 Å². The second kappa shape index (κ2) is 7.78. The van der Waals surface area contributed by atoms with E-state index in [1.165, 1.54) is 17.3 Å². The van der Waals surface area contributed by atoms with E-state index in [9.17, 15) is 4.79 Å². The number of hydrogen-bond donors (Lipinski definition) is 1. The first-order chi connectivity index (χ1) is 12.5. The molecule has 7 heteroatoms. The van der Waals surface area contributed by atoms with Gasteiger partial charge in [-0.25, -0.2) is 9.67 Å². The molecule has 1 aromatic carbocycles. The Balaban J connectivity index is 1.72. The van der Waals surface area contributed by atoms with Crippen molar-refractivity contribution in [3.05, 3.63) is 54.5 Å². The lowest BCUT2D eigenvalue weighted by molar-refractivity contribution is -0.115. The lowest BCUT2D eigenvalue weighted by Gasteiger charge is -2.15. The van der Waals surface area contributed by atoms with Crippen LogP contribution in [0.2, 0.25) is 0 Å². The van der Waals surface area contributed by atoms with Crippen molar-refractivity contribution in [2.24, 2.45) is 0 Å². The molecule has 0 fully saturated rings. The zero-order valence-corrected chi connectivity index (χ0v) is 16.2. The van der Waals surface area contributed by atoms with Gasteiger partial charge >= 0.3 is 0 Å². The van der Waals surface area contributed by atoms with Gasteiger partial charge in [0.25, 0.3) is 0 Å². The van der Waals surface area contributed by atoms with Gasteiger partial charge in [0.15, 0.2) is 5.16 Å². The summed E-state index contributed by atoms with van der Waals surface area (Å²) in [7, 11) is 0. The van der Waals surface area contributed by atoms with Gasteiger partial charge in [-0.1, -0.05) is 23.9 Å². The number of nitrogens with zero attached hydrogens (tertiary/aromatic N) is 4. The third-order valence-electron chi connectivity index (χ3n) is 3.95.